The third-order valence-electron chi connectivity index (χ3n) is 4.57. The second-order valence-corrected chi connectivity index (χ2v) is 6.19. The van der Waals surface area contributed by atoms with Crippen molar-refractivity contribution < 1.29 is 4.79 Å². The number of piperazine rings is 1. The van der Waals surface area contributed by atoms with Gasteiger partial charge in [0.05, 0.1) is 6.54 Å². The quantitative estimate of drug-likeness (QED) is 0.823. The Morgan fingerprint density at radius 1 is 1.38 bits per heavy atom. The largest absolute Gasteiger partial charge is 0.399 e. The van der Waals surface area contributed by atoms with Crippen LogP contribution >= 0.6 is 0 Å². The lowest BCUT2D eigenvalue weighted by molar-refractivity contribution is -0.117. The van der Waals surface area contributed by atoms with E-state index in [1.165, 1.54) is 19.4 Å². The topological polar surface area (TPSA) is 61.6 Å². The summed E-state index contributed by atoms with van der Waals surface area (Å²) in [5, 5.41) is 2.98. The highest BCUT2D eigenvalue weighted by Crippen LogP contribution is 2.22. The molecule has 5 nitrogen and oxygen atoms in total. The van der Waals surface area contributed by atoms with Crippen molar-refractivity contribution in [2.24, 2.45) is 0 Å². The summed E-state index contributed by atoms with van der Waals surface area (Å²) >= 11 is 0. The summed E-state index contributed by atoms with van der Waals surface area (Å²) in [6, 6.07) is 6.26. The molecule has 5 heteroatoms. The Hall–Kier alpha value is -1.59. The van der Waals surface area contributed by atoms with Crippen LogP contribution < -0.4 is 11.1 Å². The van der Waals surface area contributed by atoms with E-state index in [0.29, 0.717) is 18.3 Å². The molecular formula is C16H24N4O. The van der Waals surface area contributed by atoms with E-state index < -0.39 is 0 Å². The SMILES string of the molecule is Cc1ccc(N)cc1NC(=O)CN1CCN2CCCC2C1. The lowest BCUT2D eigenvalue weighted by atomic mass is 10.1. The number of amides is 1. The summed E-state index contributed by atoms with van der Waals surface area (Å²) in [7, 11) is 0. The molecule has 3 N–H and O–H groups in total. The van der Waals surface area contributed by atoms with Crippen LogP contribution in [0.4, 0.5) is 11.4 Å². The predicted molar refractivity (Wildman–Crippen MR) is 85.3 cm³/mol. The maximum Gasteiger partial charge on any atom is 0.238 e. The van der Waals surface area contributed by atoms with Crippen molar-refractivity contribution in [1.29, 1.82) is 0 Å². The van der Waals surface area contributed by atoms with E-state index in [-0.39, 0.29) is 5.91 Å². The molecule has 0 bridgehead atoms. The minimum absolute atomic E-state index is 0.0511. The van der Waals surface area contributed by atoms with Gasteiger partial charge in [-0.1, -0.05) is 6.07 Å². The predicted octanol–water partition coefficient (Wildman–Crippen LogP) is 1.30. The number of carbonyl (C=O) groups excluding carboxylic acids is 1. The normalized spacial score (nSPS) is 23.0. The lowest BCUT2D eigenvalue weighted by Crippen LogP contribution is -2.51. The summed E-state index contributed by atoms with van der Waals surface area (Å²) < 4.78 is 0. The van der Waals surface area contributed by atoms with Crippen molar-refractivity contribution in [3.8, 4) is 0 Å². The van der Waals surface area contributed by atoms with Gasteiger partial charge in [0.25, 0.3) is 0 Å². The van der Waals surface area contributed by atoms with Gasteiger partial charge in [0.2, 0.25) is 5.91 Å². The highest BCUT2D eigenvalue weighted by atomic mass is 16.2. The van der Waals surface area contributed by atoms with Crippen molar-refractivity contribution in [2.45, 2.75) is 25.8 Å². The van der Waals surface area contributed by atoms with E-state index in [0.717, 1.165) is 30.9 Å². The first-order valence-corrected chi connectivity index (χ1v) is 7.74. The number of aryl methyl sites for hydroxylation is 1. The molecule has 0 aliphatic carbocycles. The maximum atomic E-state index is 12.2. The average molecular weight is 288 g/mol. The van der Waals surface area contributed by atoms with Crippen LogP contribution in [0.2, 0.25) is 0 Å². The second-order valence-electron chi connectivity index (χ2n) is 6.19. The smallest absolute Gasteiger partial charge is 0.238 e. The number of rotatable bonds is 3. The maximum absolute atomic E-state index is 12.2. The zero-order valence-electron chi connectivity index (χ0n) is 12.6. The van der Waals surface area contributed by atoms with Gasteiger partial charge in [0.1, 0.15) is 0 Å². The summed E-state index contributed by atoms with van der Waals surface area (Å²) in [6.45, 7) is 6.77. The third kappa shape index (κ3) is 3.36. The third-order valence-corrected chi connectivity index (χ3v) is 4.57. The molecule has 0 aromatic heterocycles. The van der Waals surface area contributed by atoms with Crippen LogP contribution in [0, 0.1) is 6.92 Å². The van der Waals surface area contributed by atoms with E-state index in [9.17, 15) is 4.79 Å². The van der Waals surface area contributed by atoms with Crippen LogP contribution in [0.5, 0.6) is 0 Å². The molecule has 1 aromatic rings. The van der Waals surface area contributed by atoms with Gasteiger partial charge in [-0.15, -0.1) is 0 Å². The highest BCUT2D eigenvalue weighted by molar-refractivity contribution is 5.93. The van der Waals surface area contributed by atoms with Gasteiger partial charge >= 0.3 is 0 Å². The van der Waals surface area contributed by atoms with E-state index in [4.69, 9.17) is 5.73 Å². The fraction of sp³-hybridized carbons (Fsp3) is 0.562. The molecular weight excluding hydrogens is 264 g/mol. The van der Waals surface area contributed by atoms with Crippen LogP contribution in [0.15, 0.2) is 18.2 Å². The first-order valence-electron chi connectivity index (χ1n) is 7.74. The second kappa shape index (κ2) is 6.03. The molecule has 1 amide bonds. The summed E-state index contributed by atoms with van der Waals surface area (Å²) in [5.41, 5.74) is 8.31. The van der Waals surface area contributed by atoms with E-state index >= 15 is 0 Å². The Kier molecular flexibility index (Phi) is 4.12. The molecule has 2 aliphatic rings. The van der Waals surface area contributed by atoms with E-state index in [2.05, 4.69) is 15.1 Å². The zero-order valence-corrected chi connectivity index (χ0v) is 12.6. The summed E-state index contributed by atoms with van der Waals surface area (Å²) in [5.74, 6) is 0.0511. The number of anilines is 2. The van der Waals surface area contributed by atoms with Crippen LogP contribution in [-0.2, 0) is 4.79 Å². The molecule has 2 aliphatic heterocycles. The lowest BCUT2D eigenvalue weighted by Gasteiger charge is -2.37. The minimum Gasteiger partial charge on any atom is -0.399 e. The zero-order chi connectivity index (χ0) is 14.8. The van der Waals surface area contributed by atoms with Crippen molar-refractivity contribution in [3.05, 3.63) is 23.8 Å². The number of hydrogen-bond donors (Lipinski definition) is 2. The molecule has 1 unspecified atom stereocenters. The Morgan fingerprint density at radius 3 is 3.10 bits per heavy atom. The summed E-state index contributed by atoms with van der Waals surface area (Å²) in [4.78, 5) is 17.0. The monoisotopic (exact) mass is 288 g/mol. The Balaban J connectivity index is 1.55. The number of nitrogen functional groups attached to an aromatic ring is 1. The van der Waals surface area contributed by atoms with Gasteiger partial charge in [-0.3, -0.25) is 14.6 Å². The minimum atomic E-state index is 0.0511. The molecule has 0 radical (unpaired) electrons. The number of nitrogens with zero attached hydrogens (tertiary/aromatic N) is 2. The Bertz CT molecular complexity index is 531. The van der Waals surface area contributed by atoms with Crippen molar-refractivity contribution >= 4 is 17.3 Å². The molecule has 21 heavy (non-hydrogen) atoms. The fourth-order valence-electron chi connectivity index (χ4n) is 3.37. The van der Waals surface area contributed by atoms with Crippen LogP contribution in [0.1, 0.15) is 18.4 Å². The standard InChI is InChI=1S/C16H24N4O/c1-12-4-5-13(17)9-15(12)18-16(21)11-19-7-8-20-6-2-3-14(20)10-19/h4-5,9,14H,2-3,6-8,10-11,17H2,1H3,(H,18,21). The first-order chi connectivity index (χ1) is 10.1. The van der Waals surface area contributed by atoms with Crippen LogP contribution in [-0.4, -0.2) is 54.5 Å². The van der Waals surface area contributed by atoms with Gasteiger partial charge in [-0.05, 0) is 44.0 Å². The molecule has 1 aromatic carbocycles. The molecule has 2 heterocycles. The molecule has 1 atom stereocenters. The number of nitrogens with one attached hydrogen (secondary N) is 1. The molecule has 114 valence electrons. The number of fused-ring (bicyclic) bond motifs is 1. The van der Waals surface area contributed by atoms with Crippen molar-refractivity contribution in [1.82, 2.24) is 9.80 Å². The van der Waals surface area contributed by atoms with Gasteiger partial charge < -0.3 is 11.1 Å². The molecule has 0 spiro atoms. The highest BCUT2D eigenvalue weighted by Gasteiger charge is 2.31. The Labute approximate surface area is 126 Å². The van der Waals surface area contributed by atoms with E-state index in [1.807, 2.05) is 25.1 Å². The molecule has 3 rings (SSSR count). The number of benzene rings is 1. The van der Waals surface area contributed by atoms with Gasteiger partial charge in [0, 0.05) is 37.1 Å². The van der Waals surface area contributed by atoms with Gasteiger partial charge in [-0.2, -0.15) is 0 Å². The fourth-order valence-corrected chi connectivity index (χ4v) is 3.37. The molecule has 2 fully saturated rings. The van der Waals surface area contributed by atoms with Crippen molar-refractivity contribution in [2.75, 3.05) is 43.8 Å². The number of nitrogens with two attached hydrogens (primary N) is 1. The van der Waals surface area contributed by atoms with Crippen LogP contribution in [0.3, 0.4) is 0 Å². The van der Waals surface area contributed by atoms with Crippen molar-refractivity contribution in [3.63, 3.8) is 0 Å². The van der Waals surface area contributed by atoms with E-state index in [1.54, 1.807) is 0 Å². The van der Waals surface area contributed by atoms with Crippen LogP contribution in [0.25, 0.3) is 0 Å². The summed E-state index contributed by atoms with van der Waals surface area (Å²) in [6.07, 6.45) is 2.57. The molecule has 2 saturated heterocycles. The number of carbonyl (C=O) groups is 1. The number of hydrogen-bond acceptors (Lipinski definition) is 4. The average Bonchev–Trinajstić information content (AvgIpc) is 2.90. The van der Waals surface area contributed by atoms with Gasteiger partial charge in [0.15, 0.2) is 0 Å². The molecule has 0 saturated carbocycles. The first kappa shape index (κ1) is 14.4. The van der Waals surface area contributed by atoms with Gasteiger partial charge in [-0.25, -0.2) is 0 Å². The Morgan fingerprint density at radius 2 is 2.24 bits per heavy atom.